The van der Waals surface area contributed by atoms with Crippen LogP contribution in [0.2, 0.25) is 0 Å². The minimum Gasteiger partial charge on any atom is -0.495 e. The number of hydrogen-bond acceptors (Lipinski definition) is 3. The van der Waals surface area contributed by atoms with Gasteiger partial charge in [-0.05, 0) is 54.8 Å². The van der Waals surface area contributed by atoms with Crippen LogP contribution in [0.4, 0.5) is 5.69 Å². The van der Waals surface area contributed by atoms with E-state index in [-0.39, 0.29) is 5.91 Å². The van der Waals surface area contributed by atoms with E-state index in [1.165, 1.54) is 0 Å². The Bertz CT molecular complexity index is 663. The van der Waals surface area contributed by atoms with Gasteiger partial charge in [-0.3, -0.25) is 4.79 Å². The van der Waals surface area contributed by atoms with E-state index in [0.29, 0.717) is 29.5 Å². The van der Waals surface area contributed by atoms with Crippen LogP contribution in [0.1, 0.15) is 29.8 Å². The summed E-state index contributed by atoms with van der Waals surface area (Å²) >= 11 is 0. The molecule has 23 heavy (non-hydrogen) atoms. The van der Waals surface area contributed by atoms with Crippen LogP contribution in [0, 0.1) is 12.8 Å². The van der Waals surface area contributed by atoms with Gasteiger partial charge in [-0.25, -0.2) is 0 Å². The lowest BCUT2D eigenvalue weighted by Crippen LogP contribution is -2.13. The average Bonchev–Trinajstić information content (AvgIpc) is 2.53. The Morgan fingerprint density at radius 2 is 1.83 bits per heavy atom. The molecule has 2 aromatic rings. The van der Waals surface area contributed by atoms with Gasteiger partial charge in [0.25, 0.3) is 5.91 Å². The molecule has 4 heteroatoms. The van der Waals surface area contributed by atoms with Crippen molar-refractivity contribution in [2.45, 2.75) is 20.8 Å². The molecule has 0 radical (unpaired) electrons. The Morgan fingerprint density at radius 3 is 2.43 bits per heavy atom. The largest absolute Gasteiger partial charge is 0.495 e. The molecule has 0 saturated heterocycles. The maximum absolute atomic E-state index is 12.4. The third-order valence-electron chi connectivity index (χ3n) is 3.30. The lowest BCUT2D eigenvalue weighted by molar-refractivity contribution is 0.102. The first-order valence-corrected chi connectivity index (χ1v) is 7.68. The molecule has 0 saturated carbocycles. The molecule has 0 aliphatic rings. The summed E-state index contributed by atoms with van der Waals surface area (Å²) in [5.74, 6) is 1.69. The maximum atomic E-state index is 12.4. The van der Waals surface area contributed by atoms with Crippen molar-refractivity contribution in [3.05, 3.63) is 53.6 Å². The minimum atomic E-state index is -0.177. The number of aryl methyl sites for hydroxylation is 1. The van der Waals surface area contributed by atoms with Gasteiger partial charge in [-0.15, -0.1) is 0 Å². The number of carbonyl (C=O) groups excluding carboxylic acids is 1. The highest BCUT2D eigenvalue weighted by atomic mass is 16.5. The predicted octanol–water partition coefficient (Wildman–Crippen LogP) is 4.29. The zero-order valence-corrected chi connectivity index (χ0v) is 14.1. The highest BCUT2D eigenvalue weighted by Crippen LogP contribution is 2.26. The number of ether oxygens (including phenoxy) is 2. The predicted molar refractivity (Wildman–Crippen MR) is 92.5 cm³/mol. The van der Waals surface area contributed by atoms with Crippen molar-refractivity contribution in [3.8, 4) is 11.5 Å². The molecular weight excluding hydrogens is 290 g/mol. The number of carbonyl (C=O) groups is 1. The number of nitrogens with one attached hydrogen (secondary N) is 1. The lowest BCUT2D eigenvalue weighted by Gasteiger charge is -2.12. The number of anilines is 1. The average molecular weight is 313 g/mol. The van der Waals surface area contributed by atoms with E-state index in [2.05, 4.69) is 19.2 Å². The normalized spacial score (nSPS) is 10.5. The summed E-state index contributed by atoms with van der Waals surface area (Å²) in [4.78, 5) is 12.4. The van der Waals surface area contributed by atoms with E-state index in [1.807, 2.05) is 37.3 Å². The zero-order chi connectivity index (χ0) is 16.8. The van der Waals surface area contributed by atoms with E-state index >= 15 is 0 Å². The summed E-state index contributed by atoms with van der Waals surface area (Å²) in [6.07, 6.45) is 0. The number of benzene rings is 2. The van der Waals surface area contributed by atoms with Crippen LogP contribution in [-0.4, -0.2) is 19.6 Å². The SMILES string of the molecule is COc1ccc(C)cc1NC(=O)c1ccc(OCC(C)C)cc1. The molecular formula is C19H23NO3. The summed E-state index contributed by atoms with van der Waals surface area (Å²) in [6, 6.07) is 12.8. The van der Waals surface area contributed by atoms with E-state index < -0.39 is 0 Å². The number of methoxy groups -OCH3 is 1. The Morgan fingerprint density at radius 1 is 1.13 bits per heavy atom. The van der Waals surface area contributed by atoms with E-state index in [9.17, 15) is 4.79 Å². The Kier molecular flexibility index (Phi) is 5.63. The second-order valence-corrected chi connectivity index (χ2v) is 5.89. The molecule has 4 nitrogen and oxygen atoms in total. The van der Waals surface area contributed by atoms with Gasteiger partial charge < -0.3 is 14.8 Å². The monoisotopic (exact) mass is 313 g/mol. The second kappa shape index (κ2) is 7.68. The van der Waals surface area contributed by atoms with E-state index in [1.54, 1.807) is 19.2 Å². The highest BCUT2D eigenvalue weighted by molar-refractivity contribution is 6.05. The standard InChI is InChI=1S/C19H23NO3/c1-13(2)12-23-16-8-6-15(7-9-16)19(21)20-17-11-14(3)5-10-18(17)22-4/h5-11,13H,12H2,1-4H3,(H,20,21). The van der Waals surface area contributed by atoms with Crippen LogP contribution in [0.5, 0.6) is 11.5 Å². The van der Waals surface area contributed by atoms with E-state index in [4.69, 9.17) is 9.47 Å². The topological polar surface area (TPSA) is 47.6 Å². The van der Waals surface area contributed by atoms with Gasteiger partial charge >= 0.3 is 0 Å². The molecule has 0 unspecified atom stereocenters. The molecule has 0 aliphatic carbocycles. The van der Waals surface area contributed by atoms with Gasteiger partial charge in [0.1, 0.15) is 11.5 Å². The molecule has 0 heterocycles. The summed E-state index contributed by atoms with van der Waals surface area (Å²) in [5, 5.41) is 2.88. The number of amides is 1. The molecule has 0 aliphatic heterocycles. The van der Waals surface area contributed by atoms with Crippen molar-refractivity contribution in [2.75, 3.05) is 19.0 Å². The van der Waals surface area contributed by atoms with Crippen molar-refractivity contribution in [1.82, 2.24) is 0 Å². The highest BCUT2D eigenvalue weighted by Gasteiger charge is 2.10. The van der Waals surface area contributed by atoms with Gasteiger partial charge in [0.2, 0.25) is 0 Å². The first kappa shape index (κ1) is 16.9. The molecule has 1 amide bonds. The molecule has 0 bridgehead atoms. The second-order valence-electron chi connectivity index (χ2n) is 5.89. The summed E-state index contributed by atoms with van der Waals surface area (Å²) in [7, 11) is 1.58. The maximum Gasteiger partial charge on any atom is 0.255 e. The fraction of sp³-hybridized carbons (Fsp3) is 0.316. The van der Waals surface area contributed by atoms with Crippen molar-refractivity contribution in [2.24, 2.45) is 5.92 Å². The van der Waals surface area contributed by atoms with Gasteiger partial charge in [-0.1, -0.05) is 19.9 Å². The fourth-order valence-corrected chi connectivity index (χ4v) is 2.08. The van der Waals surface area contributed by atoms with Crippen LogP contribution in [0.3, 0.4) is 0 Å². The molecule has 2 rings (SSSR count). The van der Waals surface area contributed by atoms with Crippen molar-refractivity contribution >= 4 is 11.6 Å². The van der Waals surface area contributed by atoms with Crippen LogP contribution < -0.4 is 14.8 Å². The van der Waals surface area contributed by atoms with Crippen molar-refractivity contribution in [3.63, 3.8) is 0 Å². The van der Waals surface area contributed by atoms with Gasteiger partial charge in [0, 0.05) is 5.56 Å². The summed E-state index contributed by atoms with van der Waals surface area (Å²) in [5.41, 5.74) is 2.29. The summed E-state index contributed by atoms with van der Waals surface area (Å²) in [6.45, 7) is 6.82. The Balaban J connectivity index is 2.07. The third-order valence-corrected chi connectivity index (χ3v) is 3.30. The molecule has 122 valence electrons. The van der Waals surface area contributed by atoms with Crippen LogP contribution in [-0.2, 0) is 0 Å². The molecule has 0 aromatic heterocycles. The minimum absolute atomic E-state index is 0.177. The smallest absolute Gasteiger partial charge is 0.255 e. The van der Waals surface area contributed by atoms with Crippen LogP contribution in [0.15, 0.2) is 42.5 Å². The van der Waals surface area contributed by atoms with Crippen LogP contribution in [0.25, 0.3) is 0 Å². The number of rotatable bonds is 6. The first-order valence-electron chi connectivity index (χ1n) is 7.68. The van der Waals surface area contributed by atoms with Gasteiger partial charge in [-0.2, -0.15) is 0 Å². The first-order chi connectivity index (χ1) is 11.0. The third kappa shape index (κ3) is 4.74. The van der Waals surface area contributed by atoms with E-state index in [0.717, 1.165) is 11.3 Å². The quantitative estimate of drug-likeness (QED) is 0.865. The van der Waals surface area contributed by atoms with Crippen molar-refractivity contribution < 1.29 is 14.3 Å². The zero-order valence-electron chi connectivity index (χ0n) is 14.1. The molecule has 0 atom stereocenters. The van der Waals surface area contributed by atoms with Gasteiger partial charge in [0.05, 0.1) is 19.4 Å². The summed E-state index contributed by atoms with van der Waals surface area (Å²) < 4.78 is 10.9. The Labute approximate surface area is 137 Å². The van der Waals surface area contributed by atoms with Crippen LogP contribution >= 0.6 is 0 Å². The van der Waals surface area contributed by atoms with Crippen molar-refractivity contribution in [1.29, 1.82) is 0 Å². The molecule has 0 fully saturated rings. The Hall–Kier alpha value is -2.49. The molecule has 2 aromatic carbocycles. The lowest BCUT2D eigenvalue weighted by atomic mass is 10.1. The molecule has 1 N–H and O–H groups in total. The van der Waals surface area contributed by atoms with Gasteiger partial charge in [0.15, 0.2) is 0 Å². The fourth-order valence-electron chi connectivity index (χ4n) is 2.08. The number of hydrogen-bond donors (Lipinski definition) is 1. The molecule has 0 spiro atoms.